The minimum absolute atomic E-state index is 0.0413. The average Bonchev–Trinajstić information content (AvgIpc) is 2.47. The molecule has 0 saturated carbocycles. The molecule has 0 aromatic heterocycles. The van der Waals surface area contributed by atoms with Crippen LogP contribution >= 0.6 is 11.6 Å². The van der Waals surface area contributed by atoms with Gasteiger partial charge >= 0.3 is 0 Å². The first-order valence-electron chi connectivity index (χ1n) is 6.97. The van der Waals surface area contributed by atoms with Crippen LogP contribution in [0.1, 0.15) is 24.5 Å². The van der Waals surface area contributed by atoms with Crippen molar-refractivity contribution < 1.29 is 5.11 Å². The highest BCUT2D eigenvalue weighted by Gasteiger charge is 2.26. The molecular weight excluding hydrogens is 270 g/mol. The second-order valence-electron chi connectivity index (χ2n) is 5.28. The second kappa shape index (κ2) is 5.47. The summed E-state index contributed by atoms with van der Waals surface area (Å²) in [5.41, 5.74) is 4.40. The molecule has 1 N–H and O–H groups in total. The van der Waals surface area contributed by atoms with Crippen molar-refractivity contribution >= 4 is 23.0 Å². The number of halogens is 1. The number of hydrogen-bond acceptors (Lipinski definition) is 2. The molecule has 0 aliphatic carbocycles. The highest BCUT2D eigenvalue weighted by atomic mass is 35.5. The molecular formula is C17H18ClNO. The van der Waals surface area contributed by atoms with Gasteiger partial charge in [0.15, 0.2) is 0 Å². The van der Waals surface area contributed by atoms with Gasteiger partial charge in [-0.1, -0.05) is 35.9 Å². The summed E-state index contributed by atoms with van der Waals surface area (Å²) < 4.78 is 0. The fourth-order valence-electron chi connectivity index (χ4n) is 2.98. The Bertz CT molecular complexity index is 626. The van der Waals surface area contributed by atoms with Crippen LogP contribution < -0.4 is 4.90 Å². The number of para-hydroxylation sites is 1. The number of hydrogen-bond donors (Lipinski definition) is 1. The standard InChI is InChI=1S/C17H18ClNO/c1-12-9-10-13-5-2-3-7-16(13)19(12)17-8-4-6-15(18)14(17)11-20/h2-8,12,20H,9-11H2,1H3. The summed E-state index contributed by atoms with van der Waals surface area (Å²) >= 11 is 6.24. The molecule has 0 spiro atoms. The predicted octanol–water partition coefficient (Wildman–Crippen LogP) is 4.31. The van der Waals surface area contributed by atoms with Gasteiger partial charge in [-0.25, -0.2) is 0 Å². The monoisotopic (exact) mass is 287 g/mol. The van der Waals surface area contributed by atoms with Gasteiger partial charge in [-0.15, -0.1) is 0 Å². The Morgan fingerprint density at radius 2 is 1.90 bits per heavy atom. The van der Waals surface area contributed by atoms with Crippen LogP contribution in [0.3, 0.4) is 0 Å². The van der Waals surface area contributed by atoms with E-state index in [1.165, 1.54) is 11.3 Å². The van der Waals surface area contributed by atoms with Gasteiger partial charge in [-0.05, 0) is 43.5 Å². The summed E-state index contributed by atoms with van der Waals surface area (Å²) in [6.45, 7) is 2.18. The molecule has 3 rings (SSSR count). The van der Waals surface area contributed by atoms with Crippen LogP contribution in [0.2, 0.25) is 5.02 Å². The number of rotatable bonds is 2. The number of anilines is 2. The molecule has 0 fully saturated rings. The minimum Gasteiger partial charge on any atom is -0.392 e. The normalized spacial score (nSPS) is 17.9. The Morgan fingerprint density at radius 3 is 2.70 bits per heavy atom. The lowest BCUT2D eigenvalue weighted by atomic mass is 9.95. The van der Waals surface area contributed by atoms with Crippen LogP contribution in [-0.4, -0.2) is 11.1 Å². The third kappa shape index (κ3) is 2.19. The van der Waals surface area contributed by atoms with Crippen molar-refractivity contribution in [1.82, 2.24) is 0 Å². The van der Waals surface area contributed by atoms with Crippen molar-refractivity contribution in [3.05, 3.63) is 58.6 Å². The van der Waals surface area contributed by atoms with Gasteiger partial charge in [-0.2, -0.15) is 0 Å². The van der Waals surface area contributed by atoms with Gasteiger partial charge in [0.2, 0.25) is 0 Å². The van der Waals surface area contributed by atoms with Gasteiger partial charge in [-0.3, -0.25) is 0 Å². The third-order valence-corrected chi connectivity index (χ3v) is 4.39. The van der Waals surface area contributed by atoms with Gasteiger partial charge in [0.05, 0.1) is 6.61 Å². The van der Waals surface area contributed by atoms with Crippen molar-refractivity contribution in [3.8, 4) is 0 Å². The molecule has 1 unspecified atom stereocenters. The number of aryl methyl sites for hydroxylation is 1. The van der Waals surface area contributed by atoms with Gasteiger partial charge < -0.3 is 10.0 Å². The number of nitrogens with zero attached hydrogens (tertiary/aromatic N) is 1. The van der Waals surface area contributed by atoms with E-state index in [0.29, 0.717) is 11.1 Å². The van der Waals surface area contributed by atoms with Crippen molar-refractivity contribution in [1.29, 1.82) is 0 Å². The van der Waals surface area contributed by atoms with Gasteiger partial charge in [0, 0.05) is 28.0 Å². The lowest BCUT2D eigenvalue weighted by molar-refractivity contribution is 0.282. The van der Waals surface area contributed by atoms with E-state index >= 15 is 0 Å². The molecule has 0 bridgehead atoms. The smallest absolute Gasteiger partial charge is 0.0717 e. The first-order chi connectivity index (χ1) is 9.72. The van der Waals surface area contributed by atoms with E-state index in [1.54, 1.807) is 0 Å². The molecule has 3 heteroatoms. The van der Waals surface area contributed by atoms with Crippen molar-refractivity contribution in [3.63, 3.8) is 0 Å². The van der Waals surface area contributed by atoms with E-state index in [4.69, 9.17) is 11.6 Å². The topological polar surface area (TPSA) is 23.5 Å². The first kappa shape index (κ1) is 13.5. The van der Waals surface area contributed by atoms with Crippen LogP contribution in [0, 0.1) is 0 Å². The minimum atomic E-state index is -0.0413. The van der Waals surface area contributed by atoms with Crippen molar-refractivity contribution in [2.24, 2.45) is 0 Å². The molecule has 0 saturated heterocycles. The van der Waals surface area contributed by atoms with Crippen LogP contribution in [0.5, 0.6) is 0 Å². The quantitative estimate of drug-likeness (QED) is 0.890. The molecule has 2 aromatic carbocycles. The Balaban J connectivity index is 2.17. The zero-order valence-electron chi connectivity index (χ0n) is 11.5. The molecule has 2 aromatic rings. The maximum atomic E-state index is 9.65. The summed E-state index contributed by atoms with van der Waals surface area (Å²) in [4.78, 5) is 2.30. The Kier molecular flexibility index (Phi) is 3.68. The molecule has 1 aliphatic rings. The number of fused-ring (bicyclic) bond motifs is 1. The molecule has 104 valence electrons. The molecule has 2 nitrogen and oxygen atoms in total. The van der Waals surface area contributed by atoms with E-state index in [-0.39, 0.29) is 6.61 Å². The highest BCUT2D eigenvalue weighted by Crippen LogP contribution is 2.39. The lowest BCUT2D eigenvalue weighted by Crippen LogP contribution is -2.33. The third-order valence-electron chi connectivity index (χ3n) is 4.04. The van der Waals surface area contributed by atoms with Gasteiger partial charge in [0.1, 0.15) is 0 Å². The zero-order valence-corrected chi connectivity index (χ0v) is 12.3. The summed E-state index contributed by atoms with van der Waals surface area (Å²) in [6.07, 6.45) is 2.21. The fraction of sp³-hybridized carbons (Fsp3) is 0.294. The summed E-state index contributed by atoms with van der Waals surface area (Å²) in [5.74, 6) is 0. The first-order valence-corrected chi connectivity index (χ1v) is 7.35. The molecule has 1 heterocycles. The Morgan fingerprint density at radius 1 is 1.15 bits per heavy atom. The van der Waals surface area contributed by atoms with Crippen LogP contribution in [0.4, 0.5) is 11.4 Å². The van der Waals surface area contributed by atoms with E-state index in [0.717, 1.165) is 24.1 Å². The van der Waals surface area contributed by atoms with Crippen LogP contribution in [-0.2, 0) is 13.0 Å². The SMILES string of the molecule is CC1CCc2ccccc2N1c1cccc(Cl)c1CO. The van der Waals surface area contributed by atoms with E-state index in [2.05, 4.69) is 36.1 Å². The van der Waals surface area contributed by atoms with Gasteiger partial charge in [0.25, 0.3) is 0 Å². The summed E-state index contributed by atoms with van der Waals surface area (Å²) in [6, 6.07) is 14.7. The molecule has 0 radical (unpaired) electrons. The van der Waals surface area contributed by atoms with Crippen molar-refractivity contribution in [2.75, 3.05) is 4.90 Å². The summed E-state index contributed by atoms with van der Waals surface area (Å²) in [7, 11) is 0. The average molecular weight is 288 g/mol. The number of aliphatic hydroxyl groups excluding tert-OH is 1. The predicted molar refractivity (Wildman–Crippen MR) is 83.7 cm³/mol. The van der Waals surface area contributed by atoms with E-state index < -0.39 is 0 Å². The zero-order chi connectivity index (χ0) is 14.1. The van der Waals surface area contributed by atoms with Crippen LogP contribution in [0.25, 0.3) is 0 Å². The van der Waals surface area contributed by atoms with Crippen molar-refractivity contribution in [2.45, 2.75) is 32.4 Å². The maximum absolute atomic E-state index is 9.65. The highest BCUT2D eigenvalue weighted by molar-refractivity contribution is 6.31. The molecule has 0 amide bonds. The molecule has 1 aliphatic heterocycles. The largest absolute Gasteiger partial charge is 0.392 e. The maximum Gasteiger partial charge on any atom is 0.0717 e. The fourth-order valence-corrected chi connectivity index (χ4v) is 3.21. The van der Waals surface area contributed by atoms with E-state index in [1.807, 2.05) is 18.2 Å². The molecule has 1 atom stereocenters. The lowest BCUT2D eigenvalue weighted by Gasteiger charge is -2.38. The Labute approximate surface area is 124 Å². The summed E-state index contributed by atoms with van der Waals surface area (Å²) in [5, 5.41) is 10.3. The van der Waals surface area contributed by atoms with E-state index in [9.17, 15) is 5.11 Å². The number of aliphatic hydroxyl groups is 1. The number of benzene rings is 2. The Hall–Kier alpha value is -1.51. The molecule has 20 heavy (non-hydrogen) atoms. The van der Waals surface area contributed by atoms with Crippen LogP contribution in [0.15, 0.2) is 42.5 Å². The second-order valence-corrected chi connectivity index (χ2v) is 5.69.